The third-order valence-corrected chi connectivity index (χ3v) is 2.81. The Morgan fingerprint density at radius 2 is 1.68 bits per heavy atom. The zero-order valence-corrected chi connectivity index (χ0v) is 11.0. The number of rotatable bonds is 2. The molecule has 4 nitrogen and oxygen atoms in total. The van der Waals surface area contributed by atoms with Crippen molar-refractivity contribution in [2.24, 2.45) is 0 Å². The summed E-state index contributed by atoms with van der Waals surface area (Å²) >= 11 is 0. The van der Waals surface area contributed by atoms with Crippen molar-refractivity contribution < 1.29 is 4.79 Å². The van der Waals surface area contributed by atoms with E-state index in [1.807, 2.05) is 32.0 Å². The maximum absolute atomic E-state index is 11.9. The summed E-state index contributed by atoms with van der Waals surface area (Å²) in [6.07, 6.45) is 0. The second-order valence-electron chi connectivity index (χ2n) is 4.52. The van der Waals surface area contributed by atoms with Crippen LogP contribution in [0.1, 0.15) is 11.1 Å². The molecule has 0 aliphatic rings. The topological polar surface area (TPSA) is 67.2 Å². The van der Waals surface area contributed by atoms with Gasteiger partial charge in [0, 0.05) is 17.1 Å². The molecular weight excluding hydrogens is 238 g/mol. The van der Waals surface area contributed by atoms with Gasteiger partial charge >= 0.3 is 6.03 Å². The van der Waals surface area contributed by atoms with Gasteiger partial charge in [-0.05, 0) is 55.3 Å². The maximum atomic E-state index is 11.9. The molecule has 0 aliphatic carbocycles. The van der Waals surface area contributed by atoms with E-state index in [9.17, 15) is 4.79 Å². The lowest BCUT2D eigenvalue weighted by atomic mass is 10.1. The summed E-state index contributed by atoms with van der Waals surface area (Å²) in [6.45, 7) is 3.95. The predicted octanol–water partition coefficient (Wildman–Crippen LogP) is 3.53. The van der Waals surface area contributed by atoms with Crippen LogP contribution in [0.2, 0.25) is 0 Å². The van der Waals surface area contributed by atoms with Crippen LogP contribution < -0.4 is 16.4 Å². The van der Waals surface area contributed by atoms with E-state index in [0.717, 1.165) is 16.8 Å². The van der Waals surface area contributed by atoms with E-state index in [4.69, 9.17) is 5.73 Å². The second-order valence-corrected chi connectivity index (χ2v) is 4.52. The molecule has 0 aliphatic heterocycles. The Bertz CT molecular complexity index is 591. The minimum absolute atomic E-state index is 0.265. The highest BCUT2D eigenvalue weighted by atomic mass is 16.2. The highest BCUT2D eigenvalue weighted by molar-refractivity contribution is 6.00. The van der Waals surface area contributed by atoms with E-state index in [2.05, 4.69) is 10.6 Å². The van der Waals surface area contributed by atoms with E-state index < -0.39 is 0 Å². The van der Waals surface area contributed by atoms with Gasteiger partial charge in [-0.25, -0.2) is 4.79 Å². The second kappa shape index (κ2) is 5.44. The SMILES string of the molecule is Cc1ccc(C)c(NC(=O)Nc2ccc(N)cc2)c1. The fourth-order valence-corrected chi connectivity index (χ4v) is 1.72. The van der Waals surface area contributed by atoms with Crippen LogP contribution in [0, 0.1) is 13.8 Å². The van der Waals surface area contributed by atoms with Crippen molar-refractivity contribution in [2.45, 2.75) is 13.8 Å². The molecule has 0 bridgehead atoms. The molecule has 0 aromatic heterocycles. The molecule has 2 aromatic rings. The number of benzene rings is 2. The van der Waals surface area contributed by atoms with Gasteiger partial charge in [-0.3, -0.25) is 0 Å². The van der Waals surface area contributed by atoms with Crippen molar-refractivity contribution in [3.8, 4) is 0 Å². The Kier molecular flexibility index (Phi) is 3.71. The molecule has 0 atom stereocenters. The van der Waals surface area contributed by atoms with Gasteiger partial charge in [0.2, 0.25) is 0 Å². The third-order valence-electron chi connectivity index (χ3n) is 2.81. The summed E-state index contributed by atoms with van der Waals surface area (Å²) < 4.78 is 0. The fourth-order valence-electron chi connectivity index (χ4n) is 1.72. The van der Waals surface area contributed by atoms with Crippen LogP contribution in [0.4, 0.5) is 21.9 Å². The quantitative estimate of drug-likeness (QED) is 0.719. The molecule has 0 saturated carbocycles. The first kappa shape index (κ1) is 13.0. The molecule has 4 heteroatoms. The van der Waals surface area contributed by atoms with E-state index in [1.54, 1.807) is 24.3 Å². The lowest BCUT2D eigenvalue weighted by molar-refractivity contribution is 0.262. The first-order chi connectivity index (χ1) is 9.04. The van der Waals surface area contributed by atoms with Crippen molar-refractivity contribution in [1.29, 1.82) is 0 Å². The number of urea groups is 1. The Morgan fingerprint density at radius 1 is 1.00 bits per heavy atom. The molecule has 0 fully saturated rings. The van der Waals surface area contributed by atoms with Crippen molar-refractivity contribution in [1.82, 2.24) is 0 Å². The molecule has 2 rings (SSSR count). The molecule has 2 aromatic carbocycles. The molecule has 98 valence electrons. The number of hydrogen-bond donors (Lipinski definition) is 3. The minimum atomic E-state index is -0.265. The first-order valence-electron chi connectivity index (χ1n) is 6.05. The number of carbonyl (C=O) groups is 1. The fraction of sp³-hybridized carbons (Fsp3) is 0.133. The summed E-state index contributed by atoms with van der Waals surface area (Å²) in [6, 6.07) is 12.7. The number of nitrogens with two attached hydrogens (primary N) is 1. The van der Waals surface area contributed by atoms with Gasteiger partial charge in [0.15, 0.2) is 0 Å². The zero-order valence-electron chi connectivity index (χ0n) is 11.0. The summed E-state index contributed by atoms with van der Waals surface area (Å²) in [4.78, 5) is 11.9. The van der Waals surface area contributed by atoms with Crippen LogP contribution in [0.15, 0.2) is 42.5 Å². The molecule has 0 radical (unpaired) electrons. The van der Waals surface area contributed by atoms with Gasteiger partial charge in [0.1, 0.15) is 0 Å². The van der Waals surface area contributed by atoms with Gasteiger partial charge in [-0.1, -0.05) is 12.1 Å². The van der Waals surface area contributed by atoms with Crippen molar-refractivity contribution in [3.63, 3.8) is 0 Å². The highest BCUT2D eigenvalue weighted by Crippen LogP contribution is 2.17. The highest BCUT2D eigenvalue weighted by Gasteiger charge is 2.05. The van der Waals surface area contributed by atoms with Crippen LogP contribution in [-0.4, -0.2) is 6.03 Å². The van der Waals surface area contributed by atoms with E-state index in [-0.39, 0.29) is 6.03 Å². The molecule has 19 heavy (non-hydrogen) atoms. The summed E-state index contributed by atoms with van der Waals surface area (Å²) in [7, 11) is 0. The average Bonchev–Trinajstić information content (AvgIpc) is 2.37. The van der Waals surface area contributed by atoms with E-state index in [1.165, 1.54) is 0 Å². The molecule has 0 saturated heterocycles. The number of nitrogens with one attached hydrogen (secondary N) is 2. The van der Waals surface area contributed by atoms with Gasteiger partial charge in [0.05, 0.1) is 0 Å². The summed E-state index contributed by atoms with van der Waals surface area (Å²) in [5.41, 5.74) is 9.91. The van der Waals surface area contributed by atoms with Gasteiger partial charge < -0.3 is 16.4 Å². The maximum Gasteiger partial charge on any atom is 0.323 e. The Labute approximate surface area is 112 Å². The standard InChI is InChI=1S/C15H17N3O/c1-10-3-4-11(2)14(9-10)18-15(19)17-13-7-5-12(16)6-8-13/h3-9H,16H2,1-2H3,(H2,17,18,19). The van der Waals surface area contributed by atoms with E-state index >= 15 is 0 Å². The van der Waals surface area contributed by atoms with Gasteiger partial charge in [0.25, 0.3) is 0 Å². The molecular formula is C15H17N3O. The van der Waals surface area contributed by atoms with Crippen molar-refractivity contribution in [2.75, 3.05) is 16.4 Å². The first-order valence-corrected chi connectivity index (χ1v) is 6.05. The van der Waals surface area contributed by atoms with E-state index in [0.29, 0.717) is 11.4 Å². The Balaban J connectivity index is 2.05. The lowest BCUT2D eigenvalue weighted by Gasteiger charge is -2.10. The monoisotopic (exact) mass is 255 g/mol. The number of aryl methyl sites for hydroxylation is 2. The van der Waals surface area contributed by atoms with Gasteiger partial charge in [-0.15, -0.1) is 0 Å². The summed E-state index contributed by atoms with van der Waals surface area (Å²) in [5.74, 6) is 0. The number of anilines is 3. The zero-order chi connectivity index (χ0) is 13.8. The molecule has 0 spiro atoms. The normalized spacial score (nSPS) is 10.0. The van der Waals surface area contributed by atoms with Crippen molar-refractivity contribution >= 4 is 23.1 Å². The van der Waals surface area contributed by atoms with Crippen LogP contribution in [0.25, 0.3) is 0 Å². The largest absolute Gasteiger partial charge is 0.399 e. The molecule has 0 heterocycles. The van der Waals surface area contributed by atoms with Gasteiger partial charge in [-0.2, -0.15) is 0 Å². The Hall–Kier alpha value is -2.49. The number of nitrogen functional groups attached to an aromatic ring is 1. The number of carbonyl (C=O) groups excluding carboxylic acids is 1. The van der Waals surface area contributed by atoms with Crippen molar-refractivity contribution in [3.05, 3.63) is 53.6 Å². The Morgan fingerprint density at radius 3 is 2.37 bits per heavy atom. The van der Waals surface area contributed by atoms with Crippen LogP contribution >= 0.6 is 0 Å². The summed E-state index contributed by atoms with van der Waals surface area (Å²) in [5, 5.41) is 5.59. The number of hydrogen-bond acceptors (Lipinski definition) is 2. The lowest BCUT2D eigenvalue weighted by Crippen LogP contribution is -2.20. The number of amides is 2. The molecule has 4 N–H and O–H groups in total. The average molecular weight is 255 g/mol. The molecule has 2 amide bonds. The van der Waals surface area contributed by atoms with Crippen LogP contribution in [-0.2, 0) is 0 Å². The third kappa shape index (κ3) is 3.48. The van der Waals surface area contributed by atoms with Crippen LogP contribution in [0.3, 0.4) is 0 Å². The minimum Gasteiger partial charge on any atom is -0.399 e. The van der Waals surface area contributed by atoms with Crippen LogP contribution in [0.5, 0.6) is 0 Å². The molecule has 0 unspecified atom stereocenters. The smallest absolute Gasteiger partial charge is 0.323 e. The predicted molar refractivity (Wildman–Crippen MR) is 79.4 cm³/mol.